The van der Waals surface area contributed by atoms with E-state index >= 15 is 0 Å². The molecular weight excluding hydrogens is 248 g/mol. The fourth-order valence-corrected chi connectivity index (χ4v) is 1.97. The molecule has 1 aromatic heterocycles. The van der Waals surface area contributed by atoms with E-state index in [0.29, 0.717) is 11.6 Å². The molecule has 0 spiro atoms. The number of nitrogens with one attached hydrogen (secondary N) is 1. The van der Waals surface area contributed by atoms with E-state index in [1.165, 1.54) is 17.3 Å². The Morgan fingerprint density at radius 3 is 2.20 bits per heavy atom. The van der Waals surface area contributed by atoms with E-state index in [2.05, 4.69) is 39.6 Å². The lowest BCUT2D eigenvalue weighted by Crippen LogP contribution is -1.97. The number of hydrogen-bond donors (Lipinski definition) is 2. The van der Waals surface area contributed by atoms with Crippen molar-refractivity contribution in [2.75, 3.05) is 11.1 Å². The van der Waals surface area contributed by atoms with Gasteiger partial charge in [-0.1, -0.05) is 42.5 Å². The van der Waals surface area contributed by atoms with Crippen molar-refractivity contribution in [1.29, 1.82) is 0 Å². The standard InChI is InChI=1S/C16H14N4/c17-15-10-18-11-16(20-15)19-14-8-6-13(7-9-14)12-4-2-1-3-5-12/h1-11H,(H3,17,19,20). The number of hydrogen-bond acceptors (Lipinski definition) is 4. The van der Waals surface area contributed by atoms with Crippen LogP contribution in [-0.2, 0) is 0 Å². The average molecular weight is 262 g/mol. The molecule has 0 aliphatic rings. The maximum atomic E-state index is 5.60. The van der Waals surface area contributed by atoms with Crippen LogP contribution in [0.3, 0.4) is 0 Å². The molecular formula is C16H14N4. The molecule has 0 amide bonds. The van der Waals surface area contributed by atoms with Crippen LogP contribution in [0.5, 0.6) is 0 Å². The summed E-state index contributed by atoms with van der Waals surface area (Å²) < 4.78 is 0. The highest BCUT2D eigenvalue weighted by atomic mass is 15.0. The van der Waals surface area contributed by atoms with Crippen molar-refractivity contribution in [2.24, 2.45) is 0 Å². The van der Waals surface area contributed by atoms with E-state index in [4.69, 9.17) is 5.73 Å². The lowest BCUT2D eigenvalue weighted by molar-refractivity contribution is 1.21. The monoisotopic (exact) mass is 262 g/mol. The molecule has 98 valence electrons. The van der Waals surface area contributed by atoms with Crippen LogP contribution in [0.1, 0.15) is 0 Å². The minimum atomic E-state index is 0.399. The van der Waals surface area contributed by atoms with Crippen LogP contribution in [0.2, 0.25) is 0 Å². The summed E-state index contributed by atoms with van der Waals surface area (Å²) in [5, 5.41) is 3.17. The molecule has 3 aromatic rings. The van der Waals surface area contributed by atoms with Crippen molar-refractivity contribution >= 4 is 17.3 Å². The third kappa shape index (κ3) is 2.75. The molecule has 4 nitrogen and oxygen atoms in total. The molecule has 0 saturated heterocycles. The van der Waals surface area contributed by atoms with Gasteiger partial charge in [0, 0.05) is 5.69 Å². The number of benzene rings is 2. The van der Waals surface area contributed by atoms with E-state index in [9.17, 15) is 0 Å². The molecule has 1 heterocycles. The van der Waals surface area contributed by atoms with E-state index in [1.54, 1.807) is 6.20 Å². The van der Waals surface area contributed by atoms with Gasteiger partial charge in [-0.15, -0.1) is 0 Å². The largest absolute Gasteiger partial charge is 0.382 e. The van der Waals surface area contributed by atoms with E-state index in [-0.39, 0.29) is 0 Å². The molecule has 3 rings (SSSR count). The lowest BCUT2D eigenvalue weighted by atomic mass is 10.1. The van der Waals surface area contributed by atoms with Crippen LogP contribution < -0.4 is 11.1 Å². The first-order valence-corrected chi connectivity index (χ1v) is 6.31. The Morgan fingerprint density at radius 2 is 1.50 bits per heavy atom. The third-order valence-corrected chi connectivity index (χ3v) is 2.92. The lowest BCUT2D eigenvalue weighted by Gasteiger charge is -2.07. The summed E-state index contributed by atoms with van der Waals surface area (Å²) in [6.45, 7) is 0. The number of nitrogens with zero attached hydrogens (tertiary/aromatic N) is 2. The zero-order chi connectivity index (χ0) is 13.8. The normalized spacial score (nSPS) is 10.2. The molecule has 0 fully saturated rings. The average Bonchev–Trinajstić information content (AvgIpc) is 2.49. The Bertz CT molecular complexity index is 693. The second-order valence-corrected chi connectivity index (χ2v) is 4.40. The summed E-state index contributed by atoms with van der Waals surface area (Å²) in [6, 6.07) is 18.4. The summed E-state index contributed by atoms with van der Waals surface area (Å²) in [4.78, 5) is 8.15. The minimum absolute atomic E-state index is 0.399. The molecule has 0 aliphatic heterocycles. The molecule has 0 bridgehead atoms. The van der Waals surface area contributed by atoms with Gasteiger partial charge in [0.2, 0.25) is 0 Å². The summed E-state index contributed by atoms with van der Waals surface area (Å²) in [5.41, 5.74) is 8.92. The van der Waals surface area contributed by atoms with Gasteiger partial charge >= 0.3 is 0 Å². The van der Waals surface area contributed by atoms with Crippen molar-refractivity contribution in [3.63, 3.8) is 0 Å². The highest BCUT2D eigenvalue weighted by Gasteiger charge is 1.99. The van der Waals surface area contributed by atoms with Gasteiger partial charge < -0.3 is 11.1 Å². The number of anilines is 3. The van der Waals surface area contributed by atoms with Gasteiger partial charge in [0.25, 0.3) is 0 Å². The smallest absolute Gasteiger partial charge is 0.151 e. The van der Waals surface area contributed by atoms with Gasteiger partial charge in [0.1, 0.15) is 5.82 Å². The fourth-order valence-electron chi connectivity index (χ4n) is 1.97. The van der Waals surface area contributed by atoms with E-state index in [1.807, 2.05) is 30.3 Å². The Kier molecular flexibility index (Phi) is 3.29. The Balaban J connectivity index is 1.80. The van der Waals surface area contributed by atoms with Gasteiger partial charge in [0.05, 0.1) is 12.4 Å². The number of aromatic nitrogens is 2. The predicted molar refractivity (Wildman–Crippen MR) is 81.6 cm³/mol. The van der Waals surface area contributed by atoms with Crippen LogP contribution in [0.4, 0.5) is 17.3 Å². The molecule has 0 saturated carbocycles. The zero-order valence-corrected chi connectivity index (χ0v) is 10.8. The molecule has 0 unspecified atom stereocenters. The van der Waals surface area contributed by atoms with Crippen LogP contribution >= 0.6 is 0 Å². The van der Waals surface area contributed by atoms with Gasteiger partial charge in [0.15, 0.2) is 5.82 Å². The third-order valence-electron chi connectivity index (χ3n) is 2.92. The van der Waals surface area contributed by atoms with Gasteiger partial charge in [-0.25, -0.2) is 4.98 Å². The van der Waals surface area contributed by atoms with Gasteiger partial charge in [-0.2, -0.15) is 0 Å². The van der Waals surface area contributed by atoms with E-state index in [0.717, 1.165) is 5.69 Å². The van der Waals surface area contributed by atoms with Gasteiger partial charge in [-0.05, 0) is 23.3 Å². The molecule has 2 aromatic carbocycles. The second-order valence-electron chi connectivity index (χ2n) is 4.40. The summed E-state index contributed by atoms with van der Waals surface area (Å²) in [5.74, 6) is 1.04. The second kappa shape index (κ2) is 5.40. The molecule has 0 radical (unpaired) electrons. The quantitative estimate of drug-likeness (QED) is 0.758. The molecule has 20 heavy (non-hydrogen) atoms. The molecule has 3 N–H and O–H groups in total. The van der Waals surface area contributed by atoms with Gasteiger partial charge in [-0.3, -0.25) is 4.98 Å². The minimum Gasteiger partial charge on any atom is -0.382 e. The van der Waals surface area contributed by atoms with Crippen LogP contribution in [0.15, 0.2) is 67.0 Å². The topological polar surface area (TPSA) is 63.8 Å². The summed E-state index contributed by atoms with van der Waals surface area (Å²) in [6.07, 6.45) is 3.16. The summed E-state index contributed by atoms with van der Waals surface area (Å²) in [7, 11) is 0. The predicted octanol–water partition coefficient (Wildman–Crippen LogP) is 3.47. The Hall–Kier alpha value is -2.88. The van der Waals surface area contributed by atoms with Crippen molar-refractivity contribution < 1.29 is 0 Å². The first-order chi connectivity index (χ1) is 9.81. The number of nitrogens with two attached hydrogens (primary N) is 1. The molecule has 0 atom stereocenters. The molecule has 0 aliphatic carbocycles. The van der Waals surface area contributed by atoms with Crippen LogP contribution in [0, 0.1) is 0 Å². The maximum absolute atomic E-state index is 5.60. The SMILES string of the molecule is Nc1cncc(Nc2ccc(-c3ccccc3)cc2)n1. The number of nitrogen functional groups attached to an aromatic ring is 1. The maximum Gasteiger partial charge on any atom is 0.151 e. The highest BCUT2D eigenvalue weighted by molar-refractivity contribution is 5.67. The number of rotatable bonds is 3. The Morgan fingerprint density at radius 1 is 0.800 bits per heavy atom. The Labute approximate surface area is 117 Å². The summed E-state index contributed by atoms with van der Waals surface area (Å²) >= 11 is 0. The van der Waals surface area contributed by atoms with Crippen molar-refractivity contribution in [1.82, 2.24) is 9.97 Å². The van der Waals surface area contributed by atoms with Crippen molar-refractivity contribution in [2.45, 2.75) is 0 Å². The highest BCUT2D eigenvalue weighted by Crippen LogP contribution is 2.22. The fraction of sp³-hybridized carbons (Fsp3) is 0. The first kappa shape index (κ1) is 12.2. The van der Waals surface area contributed by atoms with E-state index < -0.39 is 0 Å². The van der Waals surface area contributed by atoms with Crippen LogP contribution in [0.25, 0.3) is 11.1 Å². The molecule has 4 heteroatoms. The zero-order valence-electron chi connectivity index (χ0n) is 10.8. The van der Waals surface area contributed by atoms with Crippen LogP contribution in [-0.4, -0.2) is 9.97 Å². The first-order valence-electron chi connectivity index (χ1n) is 6.31. The van der Waals surface area contributed by atoms with Crippen molar-refractivity contribution in [3.05, 3.63) is 67.0 Å². The van der Waals surface area contributed by atoms with Crippen molar-refractivity contribution in [3.8, 4) is 11.1 Å².